The third-order valence-corrected chi connectivity index (χ3v) is 5.18. The second-order valence-corrected chi connectivity index (χ2v) is 8.41. The minimum Gasteiger partial charge on any atom is -0.404 e. The molecule has 0 aliphatic heterocycles. The summed E-state index contributed by atoms with van der Waals surface area (Å²) < 4.78 is 30.8. The highest BCUT2D eigenvalue weighted by atomic mass is 35.5. The summed E-state index contributed by atoms with van der Waals surface area (Å²) in [5.74, 6) is -1.01. The number of pyridine rings is 1. The average Bonchev–Trinajstić information content (AvgIpc) is 2.89. The predicted octanol–water partition coefficient (Wildman–Crippen LogP) is 2.46. The number of sulfone groups is 1. The van der Waals surface area contributed by atoms with Crippen LogP contribution in [0.15, 0.2) is 29.3 Å². The summed E-state index contributed by atoms with van der Waals surface area (Å²) in [6, 6.07) is 3.55. The first-order valence-corrected chi connectivity index (χ1v) is 9.95. The molecule has 0 saturated heterocycles. The van der Waals surface area contributed by atoms with E-state index in [-0.39, 0.29) is 26.7 Å². The van der Waals surface area contributed by atoms with Crippen molar-refractivity contribution < 1.29 is 22.9 Å². The number of nitro groups is 1. The van der Waals surface area contributed by atoms with Crippen LogP contribution in [0.2, 0.25) is 5.02 Å². The number of carbonyl (C=O) groups excluding carboxylic acids is 1. The van der Waals surface area contributed by atoms with Crippen LogP contribution in [-0.2, 0) is 16.9 Å². The third-order valence-electron chi connectivity index (χ3n) is 3.84. The second-order valence-electron chi connectivity index (χ2n) is 5.98. The van der Waals surface area contributed by atoms with Gasteiger partial charge in [0.15, 0.2) is 15.4 Å². The van der Waals surface area contributed by atoms with Crippen LogP contribution in [0.3, 0.4) is 0 Å². The summed E-state index contributed by atoms with van der Waals surface area (Å²) in [6.07, 6.45) is 2.05. The van der Waals surface area contributed by atoms with Crippen molar-refractivity contribution in [2.45, 2.75) is 11.8 Å². The van der Waals surface area contributed by atoms with Gasteiger partial charge in [0.05, 0.1) is 26.1 Å². The molecule has 146 valence electrons. The number of aromatic nitrogens is 3. The number of nitrogens with zero attached hydrogens (tertiary/aromatic N) is 4. The zero-order valence-corrected chi connectivity index (χ0v) is 16.4. The van der Waals surface area contributed by atoms with Gasteiger partial charge in [-0.05, 0) is 13.0 Å². The van der Waals surface area contributed by atoms with E-state index in [1.165, 1.54) is 23.9 Å². The Labute approximate surface area is 163 Å². The minimum atomic E-state index is -3.88. The fourth-order valence-electron chi connectivity index (χ4n) is 2.70. The van der Waals surface area contributed by atoms with Crippen molar-refractivity contribution in [2.75, 3.05) is 6.26 Å². The van der Waals surface area contributed by atoms with Crippen LogP contribution < -0.4 is 4.74 Å². The molecule has 3 rings (SSSR count). The number of hydrogen-bond donors (Lipinski definition) is 0. The number of nitro benzene ring substituents is 1. The van der Waals surface area contributed by atoms with E-state index >= 15 is 0 Å². The van der Waals surface area contributed by atoms with Crippen LogP contribution in [0.4, 0.5) is 5.69 Å². The average molecular weight is 425 g/mol. The lowest BCUT2D eigenvalue weighted by molar-refractivity contribution is -0.385. The molecular formula is C16H13ClN4O6S. The zero-order valence-electron chi connectivity index (χ0n) is 14.8. The normalized spacial score (nSPS) is 11.6. The van der Waals surface area contributed by atoms with Gasteiger partial charge in [0.25, 0.3) is 5.69 Å². The summed E-state index contributed by atoms with van der Waals surface area (Å²) in [5, 5.41) is 15.7. The maximum absolute atomic E-state index is 12.8. The topological polar surface area (TPSA) is 134 Å². The van der Waals surface area contributed by atoms with Gasteiger partial charge in [-0.2, -0.15) is 5.10 Å². The molecule has 0 unspecified atom stereocenters. The Morgan fingerprint density at radius 3 is 2.54 bits per heavy atom. The lowest BCUT2D eigenvalue weighted by Crippen LogP contribution is -2.15. The summed E-state index contributed by atoms with van der Waals surface area (Å²) in [5.41, 5.74) is -0.862. The smallest absolute Gasteiger partial charge is 0.354 e. The SMILES string of the molecule is Cc1cc(OC(=O)c2c([N+](=O)[O-])cc(S(C)(=O)=O)c3cc(Cl)cnc23)n(C)n1. The van der Waals surface area contributed by atoms with E-state index in [1.807, 2.05) is 0 Å². The number of halogens is 1. The van der Waals surface area contributed by atoms with Crippen LogP contribution in [0.1, 0.15) is 16.1 Å². The van der Waals surface area contributed by atoms with Gasteiger partial charge in [0.1, 0.15) is 0 Å². The second kappa shape index (κ2) is 6.84. The Morgan fingerprint density at radius 1 is 1.32 bits per heavy atom. The molecule has 1 aromatic carbocycles. The number of hydrogen-bond acceptors (Lipinski definition) is 8. The van der Waals surface area contributed by atoms with Gasteiger partial charge >= 0.3 is 5.97 Å². The van der Waals surface area contributed by atoms with Crippen molar-refractivity contribution in [3.05, 3.63) is 50.8 Å². The molecule has 0 atom stereocenters. The van der Waals surface area contributed by atoms with E-state index in [0.717, 1.165) is 18.5 Å². The Balaban J connectivity index is 2.32. The molecule has 0 fully saturated rings. The highest BCUT2D eigenvalue weighted by molar-refractivity contribution is 7.91. The van der Waals surface area contributed by atoms with Crippen molar-refractivity contribution in [3.8, 4) is 5.88 Å². The zero-order chi connectivity index (χ0) is 20.8. The van der Waals surface area contributed by atoms with Gasteiger partial charge in [-0.15, -0.1) is 0 Å². The van der Waals surface area contributed by atoms with Crippen molar-refractivity contribution in [1.82, 2.24) is 14.8 Å². The maximum Gasteiger partial charge on any atom is 0.354 e. The summed E-state index contributed by atoms with van der Waals surface area (Å²) in [6.45, 7) is 1.68. The molecule has 0 aliphatic rings. The maximum atomic E-state index is 12.8. The molecule has 0 saturated carbocycles. The number of aryl methyl sites for hydroxylation is 2. The van der Waals surface area contributed by atoms with Gasteiger partial charge < -0.3 is 4.74 Å². The quantitative estimate of drug-likeness (QED) is 0.354. The number of ether oxygens (including phenoxy) is 1. The van der Waals surface area contributed by atoms with Gasteiger partial charge in [0, 0.05) is 37.0 Å². The number of benzene rings is 1. The largest absolute Gasteiger partial charge is 0.404 e. The molecule has 12 heteroatoms. The highest BCUT2D eigenvalue weighted by Crippen LogP contribution is 2.34. The van der Waals surface area contributed by atoms with Crippen molar-refractivity contribution >= 4 is 44.0 Å². The van der Waals surface area contributed by atoms with Gasteiger partial charge in [-0.25, -0.2) is 17.9 Å². The lowest BCUT2D eigenvalue weighted by Gasteiger charge is -2.11. The van der Waals surface area contributed by atoms with E-state index < -0.39 is 32.0 Å². The summed E-state index contributed by atoms with van der Waals surface area (Å²) in [7, 11) is -2.34. The first-order chi connectivity index (χ1) is 13.0. The van der Waals surface area contributed by atoms with Crippen LogP contribution >= 0.6 is 11.6 Å². The number of rotatable bonds is 4. The van der Waals surface area contributed by atoms with Gasteiger partial charge in [0.2, 0.25) is 5.88 Å². The van der Waals surface area contributed by atoms with E-state index in [0.29, 0.717) is 5.69 Å². The molecular weight excluding hydrogens is 412 g/mol. The molecule has 28 heavy (non-hydrogen) atoms. The molecule has 0 N–H and O–H groups in total. The third kappa shape index (κ3) is 3.53. The molecule has 2 aromatic heterocycles. The van der Waals surface area contributed by atoms with Gasteiger partial charge in [-0.3, -0.25) is 15.1 Å². The number of fused-ring (bicyclic) bond motifs is 1. The van der Waals surface area contributed by atoms with Crippen LogP contribution in [0, 0.1) is 17.0 Å². The Morgan fingerprint density at radius 2 is 2.00 bits per heavy atom. The summed E-state index contributed by atoms with van der Waals surface area (Å²) >= 11 is 5.91. The standard InChI is InChI=1S/C16H13ClN4O6S/c1-8-4-13(20(2)19-8)27-16(22)14-11(21(23)24)6-12(28(3,25)26)10-5-9(17)7-18-15(10)14/h4-7H,1-3H3. The molecule has 10 nitrogen and oxygen atoms in total. The van der Waals surface area contributed by atoms with Crippen molar-refractivity contribution in [2.24, 2.45) is 7.05 Å². The number of esters is 1. The van der Waals surface area contributed by atoms with E-state index in [1.54, 1.807) is 6.92 Å². The fourth-order valence-corrected chi connectivity index (χ4v) is 3.74. The first-order valence-electron chi connectivity index (χ1n) is 7.68. The summed E-state index contributed by atoms with van der Waals surface area (Å²) in [4.78, 5) is 27.1. The van der Waals surface area contributed by atoms with Crippen LogP contribution in [0.25, 0.3) is 10.9 Å². The first kappa shape index (κ1) is 19.7. The Hall–Kier alpha value is -3.05. The highest BCUT2D eigenvalue weighted by Gasteiger charge is 2.31. The van der Waals surface area contributed by atoms with E-state index in [9.17, 15) is 23.3 Å². The van der Waals surface area contributed by atoms with Gasteiger partial charge in [-0.1, -0.05) is 11.6 Å². The molecule has 0 radical (unpaired) electrons. The van der Waals surface area contributed by atoms with Crippen LogP contribution in [0.5, 0.6) is 5.88 Å². The van der Waals surface area contributed by atoms with Crippen LogP contribution in [-0.4, -0.2) is 40.3 Å². The lowest BCUT2D eigenvalue weighted by atomic mass is 10.1. The predicted molar refractivity (Wildman–Crippen MR) is 99.4 cm³/mol. The van der Waals surface area contributed by atoms with Crippen molar-refractivity contribution in [1.29, 1.82) is 0 Å². The number of carbonyl (C=O) groups is 1. The Bertz CT molecular complexity index is 1250. The Kier molecular flexibility index (Phi) is 4.81. The molecule has 3 aromatic rings. The van der Waals surface area contributed by atoms with Crippen molar-refractivity contribution in [3.63, 3.8) is 0 Å². The van der Waals surface area contributed by atoms with E-state index in [4.69, 9.17) is 16.3 Å². The molecule has 0 aliphatic carbocycles. The molecule has 0 amide bonds. The molecule has 0 spiro atoms. The monoisotopic (exact) mass is 424 g/mol. The molecule has 2 heterocycles. The minimum absolute atomic E-state index is 0.0197. The van der Waals surface area contributed by atoms with E-state index in [2.05, 4.69) is 10.1 Å². The fraction of sp³-hybridized carbons (Fsp3) is 0.188. The molecule has 0 bridgehead atoms.